The molecule has 2 aliphatic rings. The number of aryl methyl sites for hydroxylation is 4. The monoisotopic (exact) mass is 734 g/mol. The summed E-state index contributed by atoms with van der Waals surface area (Å²) in [6.07, 6.45) is 13.4. The molecule has 0 aliphatic heterocycles. The zero-order valence-corrected chi connectivity index (χ0v) is 31.3. The zero-order valence-electron chi connectivity index (χ0n) is 26.6. The van der Waals surface area contributed by atoms with Gasteiger partial charge in [-0.05, 0) is 0 Å². The average Bonchev–Trinajstić information content (AvgIpc) is 3.60. The SMILES string of the molecule is CCCC[SiH]=[Hf]([CH3])([CH3])([CH]1C=Cc2c(-c3c(C)cccc3C)cccc21)[CH]1C=Cc2c(-c3c(C)cccc3C)cccc21. The number of benzene rings is 4. The molecule has 0 N–H and O–H groups in total. The third-order valence-electron chi connectivity index (χ3n) is 10.7. The molecule has 0 saturated heterocycles. The second-order valence-corrected chi connectivity index (χ2v) is 58.3. The topological polar surface area (TPSA) is 0 Å². The minimum atomic E-state index is -3.69. The summed E-state index contributed by atoms with van der Waals surface area (Å²) in [5, 5.41) is 0. The van der Waals surface area contributed by atoms with Crippen LogP contribution in [0.4, 0.5) is 0 Å². The van der Waals surface area contributed by atoms with Crippen molar-refractivity contribution >= 4 is 18.4 Å². The van der Waals surface area contributed by atoms with Crippen molar-refractivity contribution in [2.75, 3.05) is 0 Å². The first-order chi connectivity index (χ1) is 20.1. The fourth-order valence-electron chi connectivity index (χ4n) is 8.38. The molecule has 2 unspecified atom stereocenters. The molecule has 0 saturated carbocycles. The minimum absolute atomic E-state index is 0.391. The molecule has 0 radical (unpaired) electrons. The molecule has 2 aliphatic carbocycles. The fraction of sp³-hybridized carbons (Fsp3) is 0.300. The summed E-state index contributed by atoms with van der Waals surface area (Å²) in [4.78, 5) is 0. The first-order valence-electron chi connectivity index (χ1n) is 15.9. The summed E-state index contributed by atoms with van der Waals surface area (Å²) in [5.41, 5.74) is 17.3. The van der Waals surface area contributed by atoms with Crippen LogP contribution in [-0.4, -0.2) is 6.22 Å². The van der Waals surface area contributed by atoms with E-state index >= 15 is 0 Å². The van der Waals surface area contributed by atoms with E-state index in [1.54, 1.807) is 11.1 Å². The van der Waals surface area contributed by atoms with Crippen LogP contribution in [0, 0.1) is 27.7 Å². The van der Waals surface area contributed by atoms with Gasteiger partial charge in [-0.2, -0.15) is 0 Å². The normalized spacial score (nSPS) is 17.4. The number of rotatable bonds is 7. The van der Waals surface area contributed by atoms with Crippen LogP contribution in [0.2, 0.25) is 15.4 Å². The van der Waals surface area contributed by atoms with E-state index in [4.69, 9.17) is 0 Å². The van der Waals surface area contributed by atoms with Crippen LogP contribution < -0.4 is 0 Å². The Labute approximate surface area is 255 Å². The van der Waals surface area contributed by atoms with Crippen molar-refractivity contribution in [2.45, 2.75) is 70.2 Å². The van der Waals surface area contributed by atoms with Crippen LogP contribution in [0.15, 0.2) is 84.9 Å². The maximum absolute atomic E-state index is 3.69. The standard InChI is InChI=1S/2C17H15.C4H10Si.2CH3.Hf/c2*1-12-6-3-7-13(2)17(12)16-11-5-9-14-8-4-10-15(14)16;1-2-3-4-5;;;/h2*3-11H,1-2H3;5H,2-4H2,1H3;2*1H3;. The summed E-state index contributed by atoms with van der Waals surface area (Å²) >= 11 is -3.69. The Morgan fingerprint density at radius 3 is 1.40 bits per heavy atom. The maximum atomic E-state index is 2.85. The molecule has 0 amide bonds. The molecule has 2 heteroatoms. The summed E-state index contributed by atoms with van der Waals surface area (Å²) in [5.74, 6) is 0. The van der Waals surface area contributed by atoms with Gasteiger partial charge in [0, 0.05) is 0 Å². The van der Waals surface area contributed by atoms with Crippen LogP contribution in [0.3, 0.4) is 0 Å². The van der Waals surface area contributed by atoms with Crippen LogP contribution in [0.1, 0.15) is 71.6 Å². The molecular formula is C40H46HfSi. The summed E-state index contributed by atoms with van der Waals surface area (Å²) in [6.45, 7) is 11.4. The Kier molecular flexibility index (Phi) is 7.86. The summed E-state index contributed by atoms with van der Waals surface area (Å²) in [7, 11) is 0. The van der Waals surface area contributed by atoms with Crippen LogP contribution >= 0.6 is 0 Å². The Balaban J connectivity index is 1.53. The fourth-order valence-corrected chi connectivity index (χ4v) is 48.0. The second-order valence-electron chi connectivity index (χ2n) is 13.9. The Hall–Kier alpha value is -2.55. The van der Waals surface area contributed by atoms with Gasteiger partial charge < -0.3 is 0 Å². The molecular weight excluding hydrogens is 687 g/mol. The third-order valence-corrected chi connectivity index (χ3v) is 53.2. The van der Waals surface area contributed by atoms with Crippen molar-refractivity contribution in [2.24, 2.45) is 0 Å². The van der Waals surface area contributed by atoms with E-state index in [1.165, 1.54) is 74.5 Å². The number of unbranched alkanes of at least 4 members (excludes halogenated alkanes) is 1. The van der Waals surface area contributed by atoms with Gasteiger partial charge in [0.25, 0.3) is 0 Å². The van der Waals surface area contributed by atoms with E-state index in [0.717, 1.165) is 0 Å². The van der Waals surface area contributed by atoms with Crippen molar-refractivity contribution in [1.29, 1.82) is 0 Å². The van der Waals surface area contributed by atoms with Crippen molar-refractivity contribution < 1.29 is 17.1 Å². The zero-order chi connectivity index (χ0) is 29.7. The molecule has 0 spiro atoms. The predicted molar refractivity (Wildman–Crippen MR) is 185 cm³/mol. The van der Waals surface area contributed by atoms with Gasteiger partial charge in [0.1, 0.15) is 0 Å². The van der Waals surface area contributed by atoms with Crippen molar-refractivity contribution in [3.63, 3.8) is 0 Å². The summed E-state index contributed by atoms with van der Waals surface area (Å²) < 4.78 is 6.87. The predicted octanol–water partition coefficient (Wildman–Crippen LogP) is 11.4. The molecule has 0 aromatic heterocycles. The quantitative estimate of drug-likeness (QED) is 0.131. The molecule has 4 aromatic rings. The van der Waals surface area contributed by atoms with Crippen molar-refractivity contribution in [3.05, 3.63) is 129 Å². The molecule has 0 bridgehead atoms. The Morgan fingerprint density at radius 1 is 0.595 bits per heavy atom. The molecule has 0 heterocycles. The van der Waals surface area contributed by atoms with Gasteiger partial charge in [-0.1, -0.05) is 0 Å². The van der Waals surface area contributed by atoms with Gasteiger partial charge >= 0.3 is 257 Å². The first-order valence-corrected chi connectivity index (χ1v) is 34.9. The van der Waals surface area contributed by atoms with Crippen LogP contribution in [0.5, 0.6) is 0 Å². The van der Waals surface area contributed by atoms with Crippen LogP contribution in [0.25, 0.3) is 34.4 Å². The van der Waals surface area contributed by atoms with Crippen LogP contribution in [-0.2, 0) is 17.1 Å². The molecule has 0 nitrogen and oxygen atoms in total. The van der Waals surface area contributed by atoms with Gasteiger partial charge in [0.15, 0.2) is 0 Å². The number of hydrogen-bond acceptors (Lipinski definition) is 0. The molecule has 214 valence electrons. The summed E-state index contributed by atoms with van der Waals surface area (Å²) in [6, 6.07) is 29.3. The number of fused-ring (bicyclic) bond motifs is 2. The Bertz CT molecular complexity index is 1660. The van der Waals surface area contributed by atoms with Gasteiger partial charge in [-0.3, -0.25) is 0 Å². The number of allylic oxidation sites excluding steroid dienone is 2. The third kappa shape index (κ3) is 4.74. The molecule has 0 fully saturated rings. The molecule has 42 heavy (non-hydrogen) atoms. The van der Waals surface area contributed by atoms with E-state index in [9.17, 15) is 0 Å². The average molecular weight is 733 g/mol. The molecule has 6 rings (SSSR count). The molecule has 4 aromatic carbocycles. The van der Waals surface area contributed by atoms with Gasteiger partial charge in [-0.25, -0.2) is 0 Å². The van der Waals surface area contributed by atoms with Crippen molar-refractivity contribution in [3.8, 4) is 22.3 Å². The van der Waals surface area contributed by atoms with E-state index < -0.39 is 17.1 Å². The Morgan fingerprint density at radius 2 is 1.00 bits per heavy atom. The number of hydrogen-bond donors (Lipinski definition) is 0. The van der Waals surface area contributed by atoms with E-state index in [1.807, 2.05) is 0 Å². The van der Waals surface area contributed by atoms with Crippen molar-refractivity contribution in [1.82, 2.24) is 0 Å². The van der Waals surface area contributed by atoms with Gasteiger partial charge in [-0.15, -0.1) is 0 Å². The second kappa shape index (κ2) is 11.2. The first kappa shape index (κ1) is 29.5. The van der Waals surface area contributed by atoms with E-state index in [0.29, 0.717) is 13.6 Å². The van der Waals surface area contributed by atoms with Gasteiger partial charge in [0.2, 0.25) is 0 Å². The molecule has 2 atom stereocenters. The van der Waals surface area contributed by atoms with Gasteiger partial charge in [0.05, 0.1) is 0 Å². The van der Waals surface area contributed by atoms with E-state index in [-0.39, 0.29) is 0 Å². The van der Waals surface area contributed by atoms with E-state index in [2.05, 4.69) is 141 Å².